The van der Waals surface area contributed by atoms with Gasteiger partial charge in [-0.25, -0.2) is 4.79 Å². The molecule has 3 aromatic rings. The Balaban J connectivity index is 1.54. The van der Waals surface area contributed by atoms with Crippen LogP contribution in [-0.2, 0) is 15.7 Å². The summed E-state index contributed by atoms with van der Waals surface area (Å²) in [4.78, 5) is 11.5. The number of rotatable bonds is 12. The molecule has 9 heteroatoms. The van der Waals surface area contributed by atoms with E-state index in [4.69, 9.17) is 9.47 Å². The molecule has 0 saturated carbocycles. The van der Waals surface area contributed by atoms with Gasteiger partial charge in [-0.3, -0.25) is 0 Å². The van der Waals surface area contributed by atoms with E-state index in [9.17, 15) is 28.2 Å². The van der Waals surface area contributed by atoms with Crippen LogP contribution in [0, 0.1) is 0 Å². The molecule has 3 rings (SSSR count). The lowest BCUT2D eigenvalue weighted by molar-refractivity contribution is -0.138. The first-order valence-electron chi connectivity index (χ1n) is 11.2. The maximum Gasteiger partial charge on any atom is 0.417 e. The molecule has 0 fully saturated rings. The number of hydrogen-bond acceptors (Lipinski definition) is 6. The molecule has 188 valence electrons. The molecule has 2 N–H and O–H groups in total. The highest BCUT2D eigenvalue weighted by atomic mass is 32.1. The fourth-order valence-corrected chi connectivity index (χ4v) is 4.67. The van der Waals surface area contributed by atoms with Gasteiger partial charge in [0, 0.05) is 21.2 Å². The van der Waals surface area contributed by atoms with E-state index >= 15 is 0 Å². The van der Waals surface area contributed by atoms with Gasteiger partial charge in [0.2, 0.25) is 0 Å². The number of hydrogen-bond donors (Lipinski definition) is 2. The van der Waals surface area contributed by atoms with Crippen LogP contribution >= 0.6 is 11.3 Å². The number of esters is 1. The maximum absolute atomic E-state index is 13.8. The number of aliphatic hydroxyl groups is 2. The molecule has 0 amide bonds. The van der Waals surface area contributed by atoms with Gasteiger partial charge in [0.05, 0.1) is 31.0 Å². The molecule has 1 heterocycles. The van der Waals surface area contributed by atoms with Gasteiger partial charge in [0.15, 0.2) is 0 Å². The van der Waals surface area contributed by atoms with Crippen LogP contribution in [0.2, 0.25) is 0 Å². The molecule has 0 radical (unpaired) electrons. The average molecular weight is 509 g/mol. The van der Waals surface area contributed by atoms with E-state index in [2.05, 4.69) is 6.58 Å². The van der Waals surface area contributed by atoms with Crippen molar-refractivity contribution in [3.63, 3.8) is 0 Å². The van der Waals surface area contributed by atoms with Crippen molar-refractivity contribution in [2.45, 2.75) is 44.1 Å². The summed E-state index contributed by atoms with van der Waals surface area (Å²) in [6, 6.07) is 13.1. The zero-order chi connectivity index (χ0) is 25.4. The average Bonchev–Trinajstić information content (AvgIpc) is 3.27. The maximum atomic E-state index is 13.8. The Hall–Kier alpha value is -2.88. The van der Waals surface area contributed by atoms with Crippen molar-refractivity contribution in [1.82, 2.24) is 0 Å². The molecule has 2 unspecified atom stereocenters. The van der Waals surface area contributed by atoms with Crippen LogP contribution in [-0.4, -0.2) is 41.6 Å². The van der Waals surface area contributed by atoms with E-state index in [1.807, 2.05) is 24.3 Å². The highest BCUT2D eigenvalue weighted by molar-refractivity contribution is 7.22. The van der Waals surface area contributed by atoms with Gasteiger partial charge in [0.1, 0.15) is 5.75 Å². The number of ether oxygens (including phenoxy) is 2. The van der Waals surface area contributed by atoms with Crippen molar-refractivity contribution >= 4 is 27.4 Å². The first-order valence-corrected chi connectivity index (χ1v) is 12.0. The summed E-state index contributed by atoms with van der Waals surface area (Å²) in [7, 11) is 0. The fourth-order valence-electron chi connectivity index (χ4n) is 3.57. The van der Waals surface area contributed by atoms with E-state index < -0.39 is 29.9 Å². The highest BCUT2D eigenvalue weighted by Crippen LogP contribution is 2.42. The molecule has 1 aromatic heterocycles. The first kappa shape index (κ1) is 26.7. The van der Waals surface area contributed by atoms with Gasteiger partial charge in [-0.05, 0) is 61.4 Å². The van der Waals surface area contributed by atoms with E-state index in [1.54, 1.807) is 6.07 Å². The van der Waals surface area contributed by atoms with Crippen LogP contribution in [0.4, 0.5) is 13.2 Å². The van der Waals surface area contributed by atoms with Crippen LogP contribution in [0.3, 0.4) is 0 Å². The van der Waals surface area contributed by atoms with E-state index in [1.165, 1.54) is 23.5 Å². The van der Waals surface area contributed by atoms with E-state index in [0.29, 0.717) is 17.7 Å². The van der Waals surface area contributed by atoms with Gasteiger partial charge in [-0.2, -0.15) is 13.2 Å². The minimum absolute atomic E-state index is 0.0836. The molecule has 0 aliphatic carbocycles. The summed E-state index contributed by atoms with van der Waals surface area (Å²) in [6.07, 6.45) is -4.37. The fraction of sp³-hybridized carbons (Fsp3) is 0.346. The molecule has 35 heavy (non-hydrogen) atoms. The molecule has 0 aliphatic heterocycles. The van der Waals surface area contributed by atoms with Gasteiger partial charge in [-0.1, -0.05) is 24.8 Å². The minimum Gasteiger partial charge on any atom is -0.494 e. The van der Waals surface area contributed by atoms with Crippen LogP contribution in [0.15, 0.2) is 61.2 Å². The summed E-state index contributed by atoms with van der Waals surface area (Å²) in [5, 5.41) is 21.0. The molecule has 2 atom stereocenters. The summed E-state index contributed by atoms with van der Waals surface area (Å²) in [6.45, 7) is 3.47. The largest absolute Gasteiger partial charge is 0.494 e. The number of thiophene rings is 1. The Morgan fingerprint density at radius 2 is 1.71 bits per heavy atom. The molecule has 0 bridgehead atoms. The Morgan fingerprint density at radius 3 is 2.37 bits per heavy atom. The standard InChI is InChI=1S/C26H27F3O5S/c1-2-25(32)34-14-6-9-22(31)21(30)8-5-13-33-18-11-12-19(20(16-18)26(27,28)29)24-15-17-7-3-4-10-23(17)35-24/h2-4,7,10-12,15-16,21-22,30-31H,1,5-6,8-9,13-14H2. The minimum atomic E-state index is -4.55. The Labute approximate surface area is 205 Å². The summed E-state index contributed by atoms with van der Waals surface area (Å²) in [5.74, 6) is -0.469. The first-order chi connectivity index (χ1) is 16.7. The van der Waals surface area contributed by atoms with Gasteiger partial charge >= 0.3 is 12.1 Å². The van der Waals surface area contributed by atoms with Gasteiger partial charge < -0.3 is 19.7 Å². The van der Waals surface area contributed by atoms with Crippen LogP contribution in [0.1, 0.15) is 31.2 Å². The molecular formula is C26H27F3O5S. The Morgan fingerprint density at radius 1 is 1.03 bits per heavy atom. The lowest BCUT2D eigenvalue weighted by atomic mass is 10.0. The summed E-state index contributed by atoms with van der Waals surface area (Å²) in [5.41, 5.74) is -0.669. The van der Waals surface area contributed by atoms with Crippen molar-refractivity contribution in [3.05, 3.63) is 66.7 Å². The lowest BCUT2D eigenvalue weighted by Gasteiger charge is -2.18. The van der Waals surface area contributed by atoms with Crippen molar-refractivity contribution in [2.75, 3.05) is 13.2 Å². The highest BCUT2D eigenvalue weighted by Gasteiger charge is 2.34. The molecule has 0 spiro atoms. The smallest absolute Gasteiger partial charge is 0.417 e. The third kappa shape index (κ3) is 7.55. The zero-order valence-corrected chi connectivity index (χ0v) is 19.8. The zero-order valence-electron chi connectivity index (χ0n) is 19.0. The number of aliphatic hydroxyl groups excluding tert-OH is 2. The monoisotopic (exact) mass is 508 g/mol. The van der Waals surface area contributed by atoms with Crippen molar-refractivity contribution in [2.24, 2.45) is 0 Å². The second-order valence-electron chi connectivity index (χ2n) is 7.99. The molecule has 0 saturated heterocycles. The molecular weight excluding hydrogens is 481 g/mol. The molecule has 2 aromatic carbocycles. The van der Waals surface area contributed by atoms with Gasteiger partial charge in [0.25, 0.3) is 0 Å². The van der Waals surface area contributed by atoms with Crippen LogP contribution in [0.5, 0.6) is 5.75 Å². The van der Waals surface area contributed by atoms with Crippen molar-refractivity contribution in [3.8, 4) is 16.2 Å². The Kier molecular flexibility index (Phi) is 9.31. The topological polar surface area (TPSA) is 76.0 Å². The SMILES string of the molecule is C=CC(=O)OCCCC(O)C(O)CCCOc1ccc(-c2cc3ccccc3s2)c(C(F)(F)F)c1. The number of carbonyl (C=O) groups excluding carboxylic acids is 1. The lowest BCUT2D eigenvalue weighted by Crippen LogP contribution is -2.26. The number of alkyl halides is 3. The number of carbonyl (C=O) groups is 1. The third-order valence-corrected chi connectivity index (χ3v) is 6.55. The summed E-state index contributed by atoms with van der Waals surface area (Å²) < 4.78 is 52.6. The number of halogens is 3. The quantitative estimate of drug-likeness (QED) is 0.179. The van der Waals surface area contributed by atoms with Crippen molar-refractivity contribution in [1.29, 1.82) is 0 Å². The second-order valence-corrected chi connectivity index (χ2v) is 9.08. The predicted octanol–water partition coefficient (Wildman–Crippen LogP) is 5.98. The van der Waals surface area contributed by atoms with E-state index in [-0.39, 0.29) is 37.4 Å². The van der Waals surface area contributed by atoms with Gasteiger partial charge in [-0.15, -0.1) is 11.3 Å². The number of benzene rings is 2. The third-order valence-electron chi connectivity index (χ3n) is 5.40. The second kappa shape index (κ2) is 12.2. The van der Waals surface area contributed by atoms with E-state index in [0.717, 1.165) is 22.2 Å². The number of fused-ring (bicyclic) bond motifs is 1. The van der Waals surface area contributed by atoms with Crippen LogP contribution < -0.4 is 4.74 Å². The normalized spacial score (nSPS) is 13.4. The predicted molar refractivity (Wildman–Crippen MR) is 129 cm³/mol. The summed E-state index contributed by atoms with van der Waals surface area (Å²) >= 11 is 1.30. The van der Waals surface area contributed by atoms with Crippen molar-refractivity contribution < 1.29 is 37.7 Å². The molecule has 5 nitrogen and oxygen atoms in total. The van der Waals surface area contributed by atoms with Crippen LogP contribution in [0.25, 0.3) is 20.5 Å². The Bertz CT molecular complexity index is 1110. The molecule has 0 aliphatic rings.